The molecular formula is C36H55N3O3S. The first-order valence-electron chi connectivity index (χ1n) is 15.4. The molecule has 0 aliphatic rings. The van der Waals surface area contributed by atoms with Crippen LogP contribution in [0.15, 0.2) is 51.3 Å². The second-order valence-electron chi connectivity index (χ2n) is 12.3. The van der Waals surface area contributed by atoms with Gasteiger partial charge in [-0.1, -0.05) is 83.9 Å². The number of Topliss-reactive ketones (excluding diaryl/α,β-unsaturated/α-hetero) is 1. The van der Waals surface area contributed by atoms with Crippen LogP contribution in [0.2, 0.25) is 0 Å². The summed E-state index contributed by atoms with van der Waals surface area (Å²) in [5, 5.41) is 14.7. The summed E-state index contributed by atoms with van der Waals surface area (Å²) < 4.78 is 0. The van der Waals surface area contributed by atoms with Crippen LogP contribution in [-0.4, -0.2) is 33.9 Å². The Bertz CT molecular complexity index is 1330. The summed E-state index contributed by atoms with van der Waals surface area (Å²) >= 11 is 1.39. The van der Waals surface area contributed by atoms with E-state index in [0.717, 1.165) is 28.8 Å². The molecule has 0 aliphatic heterocycles. The first kappa shape index (κ1) is 38.1. The molecule has 0 aliphatic carbocycles. The highest BCUT2D eigenvalue weighted by atomic mass is 32.2. The van der Waals surface area contributed by atoms with Crippen molar-refractivity contribution >= 4 is 34.9 Å². The summed E-state index contributed by atoms with van der Waals surface area (Å²) in [6, 6.07) is 0. The van der Waals surface area contributed by atoms with Crippen LogP contribution in [-0.2, 0) is 15.0 Å². The van der Waals surface area contributed by atoms with Gasteiger partial charge >= 0.3 is 5.97 Å². The molecule has 0 bridgehead atoms. The highest BCUT2D eigenvalue weighted by Gasteiger charge is 2.41. The van der Waals surface area contributed by atoms with E-state index in [-0.39, 0.29) is 12.2 Å². The zero-order valence-electron chi connectivity index (χ0n) is 28.9. The first-order valence-corrected chi connectivity index (χ1v) is 16.3. The molecule has 6 nitrogen and oxygen atoms in total. The fraction of sp³-hybridized carbons (Fsp3) is 0.556. The minimum absolute atomic E-state index is 0.0165. The molecule has 0 amide bonds. The number of nitrogens with one attached hydrogen (secondary N) is 1. The highest BCUT2D eigenvalue weighted by molar-refractivity contribution is 8.05. The third kappa shape index (κ3) is 8.81. The van der Waals surface area contributed by atoms with Crippen LogP contribution in [0, 0.1) is 18.3 Å². The van der Waals surface area contributed by atoms with Gasteiger partial charge in [-0.25, -0.2) is 9.97 Å². The van der Waals surface area contributed by atoms with E-state index in [1.165, 1.54) is 22.9 Å². The molecule has 0 saturated carbocycles. The van der Waals surface area contributed by atoms with Crippen molar-refractivity contribution in [1.29, 1.82) is 0 Å². The maximum absolute atomic E-state index is 13.8. The summed E-state index contributed by atoms with van der Waals surface area (Å²) in [5.41, 5.74) is 5.42. The first-order chi connectivity index (χ1) is 20.0. The third-order valence-corrected chi connectivity index (χ3v) is 9.62. The number of aliphatic carboxylic acids is 1. The van der Waals surface area contributed by atoms with Gasteiger partial charge in [0.1, 0.15) is 11.6 Å². The van der Waals surface area contributed by atoms with E-state index in [2.05, 4.69) is 58.7 Å². The predicted octanol–water partition coefficient (Wildman–Crippen LogP) is 9.84. The van der Waals surface area contributed by atoms with Crippen molar-refractivity contribution in [1.82, 2.24) is 9.97 Å². The van der Waals surface area contributed by atoms with Crippen LogP contribution >= 0.6 is 11.8 Å². The fourth-order valence-corrected chi connectivity index (χ4v) is 6.55. The number of thioether (sulfide) groups is 1. The number of rotatable bonds is 16. The second-order valence-corrected chi connectivity index (χ2v) is 13.2. The monoisotopic (exact) mass is 609 g/mol. The molecule has 0 spiro atoms. The lowest BCUT2D eigenvalue weighted by Crippen LogP contribution is -2.35. The molecule has 43 heavy (non-hydrogen) atoms. The predicted molar refractivity (Wildman–Crippen MR) is 185 cm³/mol. The number of carbonyl (C=O) groups is 2. The molecule has 1 aromatic rings. The van der Waals surface area contributed by atoms with Gasteiger partial charge in [-0.2, -0.15) is 0 Å². The molecule has 1 aromatic heterocycles. The Balaban J connectivity index is 4.00. The quantitative estimate of drug-likeness (QED) is 0.180. The van der Waals surface area contributed by atoms with Gasteiger partial charge in [-0.3, -0.25) is 9.59 Å². The Morgan fingerprint density at radius 1 is 1.07 bits per heavy atom. The molecule has 0 unspecified atom stereocenters. The maximum Gasteiger partial charge on any atom is 0.304 e. The molecule has 0 radical (unpaired) electrons. The Labute approximate surface area is 265 Å². The fourth-order valence-electron chi connectivity index (χ4n) is 5.33. The summed E-state index contributed by atoms with van der Waals surface area (Å²) in [6.45, 7) is 28.8. The van der Waals surface area contributed by atoms with E-state index in [4.69, 9.17) is 9.97 Å². The molecular weight excluding hydrogens is 554 g/mol. The lowest BCUT2D eigenvalue weighted by molar-refractivity contribution is -0.138. The second kappa shape index (κ2) is 16.2. The van der Waals surface area contributed by atoms with Gasteiger partial charge in [0.15, 0.2) is 5.82 Å². The van der Waals surface area contributed by atoms with Crippen LogP contribution in [0.1, 0.15) is 119 Å². The van der Waals surface area contributed by atoms with E-state index < -0.39 is 16.8 Å². The topological polar surface area (TPSA) is 92.2 Å². The maximum atomic E-state index is 13.8. The number of carboxylic acid groups (broad SMARTS) is 1. The van der Waals surface area contributed by atoms with Crippen molar-refractivity contribution in [2.45, 2.75) is 114 Å². The highest BCUT2D eigenvalue weighted by Crippen LogP contribution is 2.46. The molecule has 0 fully saturated rings. The van der Waals surface area contributed by atoms with Gasteiger partial charge in [0.2, 0.25) is 0 Å². The molecule has 1 rings (SSSR count). The third-order valence-electron chi connectivity index (χ3n) is 8.52. The Morgan fingerprint density at radius 3 is 2.12 bits per heavy atom. The summed E-state index contributed by atoms with van der Waals surface area (Å²) in [7, 11) is 1.82. The Morgan fingerprint density at radius 2 is 1.67 bits per heavy atom. The van der Waals surface area contributed by atoms with Crippen molar-refractivity contribution in [2.75, 3.05) is 12.4 Å². The van der Waals surface area contributed by atoms with Crippen LogP contribution < -0.4 is 5.32 Å². The molecule has 1 heterocycles. The SMILES string of the molecule is C=C(S/C=C(\CC)C(C)(C)CC(=O)O)[C@](C)(C(=O)CC)c1c(C)nc(C(=C(/C)CC)/C(/C=C\C)=C(/C)C(C)C)nc1NC. The van der Waals surface area contributed by atoms with Gasteiger partial charge in [0.05, 0.1) is 11.8 Å². The largest absolute Gasteiger partial charge is 0.481 e. The van der Waals surface area contributed by atoms with Crippen molar-refractivity contribution in [3.63, 3.8) is 0 Å². The smallest absolute Gasteiger partial charge is 0.304 e. The lowest BCUT2D eigenvalue weighted by Gasteiger charge is -2.33. The summed E-state index contributed by atoms with van der Waals surface area (Å²) in [5.74, 6) is 0.757. The summed E-state index contributed by atoms with van der Waals surface area (Å²) in [4.78, 5) is 36.1. The van der Waals surface area contributed by atoms with Gasteiger partial charge in [0, 0.05) is 30.3 Å². The Kier molecular flexibility index (Phi) is 14.4. The van der Waals surface area contributed by atoms with E-state index in [1.807, 2.05) is 60.9 Å². The minimum atomic E-state index is -1.08. The summed E-state index contributed by atoms with van der Waals surface area (Å²) in [6.07, 6.45) is 6.08. The number of hydrogen-bond donors (Lipinski definition) is 2. The number of ketones is 1. The number of hydrogen-bond acceptors (Lipinski definition) is 6. The van der Waals surface area contributed by atoms with Crippen LogP contribution in [0.4, 0.5) is 5.82 Å². The normalized spacial score (nSPS) is 15.3. The average molecular weight is 610 g/mol. The van der Waals surface area contributed by atoms with Crippen LogP contribution in [0.25, 0.3) is 5.57 Å². The molecule has 0 aromatic carbocycles. The lowest BCUT2D eigenvalue weighted by atomic mass is 9.76. The van der Waals surface area contributed by atoms with Gasteiger partial charge in [-0.05, 0) is 74.7 Å². The Hall–Kier alpha value is -2.93. The van der Waals surface area contributed by atoms with E-state index in [1.54, 1.807) is 0 Å². The molecule has 7 heteroatoms. The minimum Gasteiger partial charge on any atom is -0.481 e. The van der Waals surface area contributed by atoms with Crippen molar-refractivity contribution < 1.29 is 14.7 Å². The standard InChI is InChI=1S/C36H55N3O3S/c1-15-19-28(24(8)22(5)6)31(23(7)16-2)33-38-25(9)32(34(37-14)39-33)36(13,29(40)18-4)26(10)43-21-27(17-3)35(11,12)20-30(41)42/h15,19,21-22H,10,16-18,20H2,1-9,11-14H3,(H,41,42)(H,37,38,39)/b19-15-,27-21+,28-24-,31-23-/t36-/m1/s1. The van der Waals surface area contributed by atoms with E-state index >= 15 is 0 Å². The van der Waals surface area contributed by atoms with E-state index in [9.17, 15) is 14.7 Å². The zero-order valence-corrected chi connectivity index (χ0v) is 29.7. The van der Waals surface area contributed by atoms with Crippen molar-refractivity contribution in [3.8, 4) is 0 Å². The average Bonchev–Trinajstić information content (AvgIpc) is 2.94. The van der Waals surface area contributed by atoms with Gasteiger partial charge in [0.25, 0.3) is 0 Å². The van der Waals surface area contributed by atoms with Crippen molar-refractivity contribution in [2.24, 2.45) is 11.3 Å². The molecule has 238 valence electrons. The zero-order chi connectivity index (χ0) is 33.3. The van der Waals surface area contributed by atoms with Crippen LogP contribution in [0.5, 0.6) is 0 Å². The number of carboxylic acids is 1. The number of nitrogens with zero attached hydrogens (tertiary/aromatic N) is 2. The van der Waals surface area contributed by atoms with Crippen molar-refractivity contribution in [3.05, 3.63) is 68.4 Å². The number of aromatic nitrogens is 2. The number of allylic oxidation sites excluding steroid dienone is 8. The van der Waals surface area contributed by atoms with Crippen LogP contribution in [0.3, 0.4) is 0 Å². The van der Waals surface area contributed by atoms with Gasteiger partial charge < -0.3 is 10.4 Å². The number of anilines is 1. The number of aryl methyl sites for hydroxylation is 1. The molecule has 0 saturated heterocycles. The van der Waals surface area contributed by atoms with E-state index in [0.29, 0.717) is 40.9 Å². The molecule has 2 N–H and O–H groups in total. The molecule has 1 atom stereocenters. The number of carbonyl (C=O) groups excluding carboxylic acids is 1. The van der Waals surface area contributed by atoms with Gasteiger partial charge in [-0.15, -0.1) is 11.8 Å².